The first-order chi connectivity index (χ1) is 22.4. The minimum Gasteiger partial charge on any atom is -0.464 e. The lowest BCUT2D eigenvalue weighted by Gasteiger charge is -2.44. The van der Waals surface area contributed by atoms with E-state index in [9.17, 15) is 37.1 Å². The fraction of sp³-hybridized carbons (Fsp3) is 0.364. The van der Waals surface area contributed by atoms with Crippen molar-refractivity contribution in [3.63, 3.8) is 0 Å². The van der Waals surface area contributed by atoms with Crippen LogP contribution >= 0.6 is 0 Å². The second-order valence-electron chi connectivity index (χ2n) is 11.3. The molecule has 2 aromatic carbocycles. The number of anilines is 2. The Kier molecular flexibility index (Phi) is 9.68. The summed E-state index contributed by atoms with van der Waals surface area (Å²) in [5.41, 5.74) is 0.104. The standard InChI is InChI=1S/C33H33F3N4O7/c1-3-46-31(44)28(32(45)47-4-2)38-30(43)21-11-12-26(24(15-21)37-29(42)20-7-5-8-23(14-20)33(34,35)36)39-16-19-13-22(18-39)25-9-6-10-27(41)40(25)17-19/h5-12,14-15,19,22,28H,3-4,13,16-18H2,1-2H3,(H,37,42)(H,38,43)/t19-,22+/m1/s1. The highest BCUT2D eigenvalue weighted by molar-refractivity contribution is 6.09. The minimum atomic E-state index is -4.67. The summed E-state index contributed by atoms with van der Waals surface area (Å²) < 4.78 is 51.8. The highest BCUT2D eigenvalue weighted by atomic mass is 19.4. The number of fused-ring (bicyclic) bond motifs is 4. The normalized spacial score (nSPS) is 17.0. The molecule has 2 atom stereocenters. The molecule has 2 amide bonds. The minimum absolute atomic E-state index is 0.0127. The number of pyridine rings is 1. The fourth-order valence-corrected chi connectivity index (χ4v) is 6.06. The van der Waals surface area contributed by atoms with E-state index >= 15 is 0 Å². The number of hydrogen-bond acceptors (Lipinski definition) is 8. The van der Waals surface area contributed by atoms with Crippen molar-refractivity contribution in [2.24, 2.45) is 5.92 Å². The molecular formula is C33H33F3N4O7. The molecule has 2 N–H and O–H groups in total. The Morgan fingerprint density at radius 1 is 0.872 bits per heavy atom. The third kappa shape index (κ3) is 7.31. The van der Waals surface area contributed by atoms with Crippen LogP contribution in [0.5, 0.6) is 0 Å². The van der Waals surface area contributed by atoms with E-state index in [0.717, 1.165) is 30.3 Å². The average Bonchev–Trinajstić information content (AvgIpc) is 3.03. The molecule has 1 aromatic heterocycles. The van der Waals surface area contributed by atoms with E-state index in [2.05, 4.69) is 10.6 Å². The lowest BCUT2D eigenvalue weighted by atomic mass is 9.83. The van der Waals surface area contributed by atoms with Gasteiger partial charge in [-0.25, -0.2) is 9.59 Å². The molecule has 0 radical (unpaired) electrons. The molecule has 1 fully saturated rings. The number of piperidine rings is 1. The number of alkyl halides is 3. The number of halogens is 3. The summed E-state index contributed by atoms with van der Waals surface area (Å²) >= 11 is 0. The Hall–Kier alpha value is -5.14. The topological polar surface area (TPSA) is 136 Å². The van der Waals surface area contributed by atoms with E-state index in [1.807, 2.05) is 11.0 Å². The molecule has 1 saturated heterocycles. The van der Waals surface area contributed by atoms with Crippen molar-refractivity contribution in [1.29, 1.82) is 0 Å². The van der Waals surface area contributed by atoms with Gasteiger partial charge in [-0.05, 0) is 68.7 Å². The largest absolute Gasteiger partial charge is 0.464 e. The van der Waals surface area contributed by atoms with Crippen LogP contribution in [0.15, 0.2) is 65.5 Å². The number of esters is 2. The molecular weight excluding hydrogens is 621 g/mol. The molecule has 2 bridgehead atoms. The Bertz CT molecular complexity index is 1740. The summed E-state index contributed by atoms with van der Waals surface area (Å²) in [6.07, 6.45) is -3.83. The van der Waals surface area contributed by atoms with Crippen LogP contribution in [0.2, 0.25) is 0 Å². The molecule has 0 saturated carbocycles. The van der Waals surface area contributed by atoms with Gasteiger partial charge >= 0.3 is 18.1 Å². The van der Waals surface area contributed by atoms with E-state index in [-0.39, 0.29) is 47.4 Å². The van der Waals surface area contributed by atoms with Gasteiger partial charge in [-0.1, -0.05) is 12.1 Å². The summed E-state index contributed by atoms with van der Waals surface area (Å²) in [5, 5.41) is 4.98. The van der Waals surface area contributed by atoms with Crippen LogP contribution in [0.1, 0.15) is 58.2 Å². The first kappa shape index (κ1) is 33.2. The Morgan fingerprint density at radius 3 is 2.23 bits per heavy atom. The molecule has 14 heteroatoms. The van der Waals surface area contributed by atoms with Crippen molar-refractivity contribution < 1.29 is 41.8 Å². The zero-order valence-electron chi connectivity index (χ0n) is 25.6. The first-order valence-corrected chi connectivity index (χ1v) is 15.1. The van der Waals surface area contributed by atoms with Crippen LogP contribution in [0.3, 0.4) is 0 Å². The van der Waals surface area contributed by atoms with Gasteiger partial charge in [0.05, 0.1) is 30.2 Å². The molecule has 3 heterocycles. The number of nitrogens with one attached hydrogen (secondary N) is 2. The van der Waals surface area contributed by atoms with Gasteiger partial charge in [0, 0.05) is 48.4 Å². The van der Waals surface area contributed by atoms with Crippen molar-refractivity contribution in [2.75, 3.05) is 36.5 Å². The first-order valence-electron chi connectivity index (χ1n) is 15.1. The lowest BCUT2D eigenvalue weighted by Crippen LogP contribution is -2.48. The average molecular weight is 655 g/mol. The molecule has 47 heavy (non-hydrogen) atoms. The number of ether oxygens (including phenoxy) is 2. The third-order valence-electron chi connectivity index (χ3n) is 8.10. The van der Waals surface area contributed by atoms with Crippen LogP contribution in [0.25, 0.3) is 0 Å². The fourth-order valence-electron chi connectivity index (χ4n) is 6.06. The van der Waals surface area contributed by atoms with Crippen LogP contribution in [0.4, 0.5) is 24.5 Å². The number of rotatable bonds is 9. The molecule has 3 aromatic rings. The van der Waals surface area contributed by atoms with E-state index in [1.165, 1.54) is 38.1 Å². The second-order valence-corrected chi connectivity index (χ2v) is 11.3. The highest BCUT2D eigenvalue weighted by Crippen LogP contribution is 2.39. The predicted molar refractivity (Wildman–Crippen MR) is 164 cm³/mol. The van der Waals surface area contributed by atoms with Gasteiger partial charge < -0.3 is 29.6 Å². The summed E-state index contributed by atoms with van der Waals surface area (Å²) in [6.45, 7) is 4.42. The summed E-state index contributed by atoms with van der Waals surface area (Å²) in [4.78, 5) is 66.1. The number of hydrogen-bond donors (Lipinski definition) is 2. The molecule has 5 rings (SSSR count). The predicted octanol–water partition coefficient (Wildman–Crippen LogP) is 3.97. The van der Waals surface area contributed by atoms with Crippen molar-refractivity contribution >= 4 is 35.1 Å². The molecule has 2 aliphatic heterocycles. The molecule has 11 nitrogen and oxygen atoms in total. The third-order valence-corrected chi connectivity index (χ3v) is 8.10. The van der Waals surface area contributed by atoms with Gasteiger partial charge in [-0.3, -0.25) is 14.4 Å². The van der Waals surface area contributed by atoms with Gasteiger partial charge in [-0.15, -0.1) is 0 Å². The maximum absolute atomic E-state index is 13.4. The van der Waals surface area contributed by atoms with Gasteiger partial charge in [-0.2, -0.15) is 13.2 Å². The molecule has 0 aliphatic carbocycles. The van der Waals surface area contributed by atoms with Crippen molar-refractivity contribution in [3.05, 3.63) is 93.4 Å². The zero-order chi connectivity index (χ0) is 33.9. The van der Waals surface area contributed by atoms with Crippen LogP contribution in [-0.4, -0.2) is 60.7 Å². The highest BCUT2D eigenvalue weighted by Gasteiger charge is 2.36. The summed E-state index contributed by atoms with van der Waals surface area (Å²) in [5.74, 6) is -3.67. The van der Waals surface area contributed by atoms with Crippen LogP contribution in [0, 0.1) is 5.92 Å². The maximum Gasteiger partial charge on any atom is 0.416 e. The molecule has 248 valence electrons. The monoisotopic (exact) mass is 654 g/mol. The quantitative estimate of drug-likeness (QED) is 0.262. The second kappa shape index (κ2) is 13.7. The van der Waals surface area contributed by atoms with Crippen molar-refractivity contribution in [3.8, 4) is 0 Å². The number of carbonyl (C=O) groups is 4. The zero-order valence-corrected chi connectivity index (χ0v) is 25.6. The lowest BCUT2D eigenvalue weighted by molar-refractivity contribution is -0.157. The Balaban J connectivity index is 1.49. The number of carbonyl (C=O) groups excluding carboxylic acids is 4. The smallest absolute Gasteiger partial charge is 0.416 e. The van der Waals surface area contributed by atoms with Crippen molar-refractivity contribution in [1.82, 2.24) is 9.88 Å². The summed E-state index contributed by atoms with van der Waals surface area (Å²) in [6, 6.07) is 11.7. The number of aromatic nitrogens is 1. The van der Waals surface area contributed by atoms with Crippen molar-refractivity contribution in [2.45, 2.75) is 44.9 Å². The van der Waals surface area contributed by atoms with Gasteiger partial charge in [0.1, 0.15) is 0 Å². The van der Waals surface area contributed by atoms with E-state index in [0.29, 0.717) is 25.3 Å². The van der Waals surface area contributed by atoms with E-state index in [1.54, 1.807) is 16.7 Å². The molecule has 0 unspecified atom stereocenters. The number of benzene rings is 2. The van der Waals surface area contributed by atoms with Crippen LogP contribution in [-0.2, 0) is 31.8 Å². The Labute approximate surface area is 267 Å². The van der Waals surface area contributed by atoms with E-state index in [4.69, 9.17) is 9.47 Å². The van der Waals surface area contributed by atoms with Gasteiger partial charge in [0.15, 0.2) is 0 Å². The van der Waals surface area contributed by atoms with E-state index < -0.39 is 41.5 Å². The van der Waals surface area contributed by atoms with Gasteiger partial charge in [0.2, 0.25) is 6.04 Å². The number of nitrogens with zero attached hydrogens (tertiary/aromatic N) is 2. The molecule has 0 spiro atoms. The SMILES string of the molecule is CCOC(=O)C(NC(=O)c1ccc(N2C[C@H]3C[C@@H](C2)c2cccc(=O)n2C3)c(NC(=O)c2cccc(C(F)(F)F)c2)c1)C(=O)OCC. The Morgan fingerprint density at radius 2 is 1.55 bits per heavy atom. The maximum atomic E-state index is 13.4. The molecule has 2 aliphatic rings. The number of amides is 2. The van der Waals surface area contributed by atoms with Crippen LogP contribution < -0.4 is 21.1 Å². The summed E-state index contributed by atoms with van der Waals surface area (Å²) in [7, 11) is 0. The van der Waals surface area contributed by atoms with Gasteiger partial charge in [0.25, 0.3) is 17.4 Å².